The summed E-state index contributed by atoms with van der Waals surface area (Å²) in [4.78, 5) is 0. The molecule has 0 saturated carbocycles. The molecule has 3 nitrogen and oxygen atoms in total. The van der Waals surface area contributed by atoms with Gasteiger partial charge in [-0.3, -0.25) is 4.68 Å². The van der Waals surface area contributed by atoms with Crippen LogP contribution in [0.15, 0.2) is 48.5 Å². The minimum Gasteiger partial charge on any atom is -0.383 e. The molecule has 1 aromatic heterocycles. The molecule has 2 aromatic carbocycles. The van der Waals surface area contributed by atoms with E-state index in [-0.39, 0.29) is 0 Å². The molecule has 0 atom stereocenters. The number of benzene rings is 2. The van der Waals surface area contributed by atoms with Gasteiger partial charge in [-0.1, -0.05) is 47.5 Å². The largest absolute Gasteiger partial charge is 0.383 e. The van der Waals surface area contributed by atoms with Crippen molar-refractivity contribution >= 4 is 29.0 Å². The van der Waals surface area contributed by atoms with Crippen LogP contribution in [0.4, 0.5) is 5.82 Å². The van der Waals surface area contributed by atoms with Crippen LogP contribution in [0.1, 0.15) is 0 Å². The van der Waals surface area contributed by atoms with Gasteiger partial charge in [-0.2, -0.15) is 5.10 Å². The van der Waals surface area contributed by atoms with Crippen LogP contribution < -0.4 is 5.73 Å². The summed E-state index contributed by atoms with van der Waals surface area (Å²) in [5.41, 5.74) is 9.69. The number of aryl methyl sites for hydroxylation is 1. The summed E-state index contributed by atoms with van der Waals surface area (Å²) in [6.07, 6.45) is 0. The zero-order chi connectivity index (χ0) is 15.0. The minimum atomic E-state index is 0.590. The highest BCUT2D eigenvalue weighted by atomic mass is 35.5. The summed E-state index contributed by atoms with van der Waals surface area (Å²) < 4.78 is 1.66. The second-order valence-corrected chi connectivity index (χ2v) is 5.63. The van der Waals surface area contributed by atoms with Gasteiger partial charge in [-0.25, -0.2) is 0 Å². The topological polar surface area (TPSA) is 43.8 Å². The number of rotatable bonds is 2. The fourth-order valence-corrected chi connectivity index (χ4v) is 2.68. The third-order valence-corrected chi connectivity index (χ3v) is 3.77. The Kier molecular flexibility index (Phi) is 3.62. The Hall–Kier alpha value is -1.97. The van der Waals surface area contributed by atoms with E-state index < -0.39 is 0 Å². The van der Waals surface area contributed by atoms with Crippen molar-refractivity contribution in [3.05, 3.63) is 58.6 Å². The van der Waals surface area contributed by atoms with Gasteiger partial charge in [0.25, 0.3) is 0 Å². The van der Waals surface area contributed by atoms with Crippen molar-refractivity contribution in [1.29, 1.82) is 0 Å². The Bertz CT molecular complexity index is 809. The normalized spacial score (nSPS) is 10.8. The number of halogens is 2. The third-order valence-electron chi connectivity index (χ3n) is 3.30. The third kappa shape index (κ3) is 2.62. The fraction of sp³-hybridized carbons (Fsp3) is 0.0625. The second-order valence-electron chi connectivity index (χ2n) is 4.75. The Balaban J connectivity index is 2.25. The lowest BCUT2D eigenvalue weighted by Gasteiger charge is -2.05. The highest BCUT2D eigenvalue weighted by molar-refractivity contribution is 6.31. The quantitative estimate of drug-likeness (QED) is 0.748. The number of hydrogen-bond donors (Lipinski definition) is 1. The number of anilines is 1. The van der Waals surface area contributed by atoms with Crippen LogP contribution in [0, 0.1) is 0 Å². The highest BCUT2D eigenvalue weighted by Gasteiger charge is 2.17. The van der Waals surface area contributed by atoms with E-state index in [9.17, 15) is 0 Å². The number of nitrogen functional groups attached to an aromatic ring is 1. The molecule has 0 spiro atoms. The van der Waals surface area contributed by atoms with Gasteiger partial charge in [0.2, 0.25) is 0 Å². The first-order valence-corrected chi connectivity index (χ1v) is 7.16. The SMILES string of the molecule is Cn1nc(-c2cccc(Cl)c2)c(-c2cccc(Cl)c2)c1N. The van der Waals surface area contributed by atoms with Crippen molar-refractivity contribution in [3.8, 4) is 22.4 Å². The van der Waals surface area contributed by atoms with Crippen LogP contribution >= 0.6 is 23.2 Å². The van der Waals surface area contributed by atoms with Crippen molar-refractivity contribution < 1.29 is 0 Å². The molecule has 0 aliphatic carbocycles. The van der Waals surface area contributed by atoms with Crippen LogP contribution in [0.5, 0.6) is 0 Å². The number of nitrogens with zero attached hydrogens (tertiary/aromatic N) is 2. The van der Waals surface area contributed by atoms with E-state index in [4.69, 9.17) is 28.9 Å². The Morgan fingerprint density at radius 2 is 1.52 bits per heavy atom. The van der Waals surface area contributed by atoms with Gasteiger partial charge in [-0.05, 0) is 29.8 Å². The molecule has 0 unspecified atom stereocenters. The first-order chi connectivity index (χ1) is 10.1. The summed E-state index contributed by atoms with van der Waals surface area (Å²) in [7, 11) is 1.82. The van der Waals surface area contributed by atoms with Crippen molar-refractivity contribution in [1.82, 2.24) is 9.78 Å². The lowest BCUT2D eigenvalue weighted by atomic mass is 10.0. The zero-order valence-electron chi connectivity index (χ0n) is 11.3. The van der Waals surface area contributed by atoms with E-state index in [1.807, 2.05) is 55.6 Å². The van der Waals surface area contributed by atoms with Gasteiger partial charge < -0.3 is 5.73 Å². The van der Waals surface area contributed by atoms with Gasteiger partial charge in [0.1, 0.15) is 11.5 Å². The summed E-state index contributed by atoms with van der Waals surface area (Å²) in [5.74, 6) is 0.590. The van der Waals surface area contributed by atoms with E-state index in [0.717, 1.165) is 22.4 Å². The maximum atomic E-state index is 6.19. The predicted octanol–water partition coefficient (Wildman–Crippen LogP) is 4.64. The molecule has 0 aliphatic rings. The van der Waals surface area contributed by atoms with Crippen molar-refractivity contribution in [2.24, 2.45) is 7.05 Å². The van der Waals surface area contributed by atoms with E-state index in [2.05, 4.69) is 5.10 Å². The minimum absolute atomic E-state index is 0.590. The van der Waals surface area contributed by atoms with Crippen LogP contribution in [-0.4, -0.2) is 9.78 Å². The summed E-state index contributed by atoms with van der Waals surface area (Å²) >= 11 is 12.2. The molecule has 21 heavy (non-hydrogen) atoms. The standard InChI is InChI=1S/C16H13Cl2N3/c1-21-16(19)14(10-4-2-6-12(17)8-10)15(20-21)11-5-3-7-13(18)9-11/h2-9H,19H2,1H3. The van der Waals surface area contributed by atoms with Crippen LogP contribution in [0.25, 0.3) is 22.4 Å². The molecule has 1 heterocycles. The van der Waals surface area contributed by atoms with Crippen molar-refractivity contribution in [2.45, 2.75) is 0 Å². The van der Waals surface area contributed by atoms with E-state index in [1.54, 1.807) is 4.68 Å². The molecule has 3 aromatic rings. The molecule has 3 rings (SSSR count). The molecular weight excluding hydrogens is 305 g/mol. The molecule has 0 radical (unpaired) electrons. The van der Waals surface area contributed by atoms with E-state index >= 15 is 0 Å². The van der Waals surface area contributed by atoms with Crippen molar-refractivity contribution in [2.75, 3.05) is 5.73 Å². The van der Waals surface area contributed by atoms with E-state index in [1.165, 1.54) is 0 Å². The molecule has 0 saturated heterocycles. The maximum Gasteiger partial charge on any atom is 0.129 e. The molecule has 106 valence electrons. The van der Waals surface area contributed by atoms with Gasteiger partial charge >= 0.3 is 0 Å². The summed E-state index contributed by atoms with van der Waals surface area (Å²) in [6.45, 7) is 0. The molecule has 2 N–H and O–H groups in total. The monoisotopic (exact) mass is 317 g/mol. The molecule has 5 heteroatoms. The van der Waals surface area contributed by atoms with Crippen LogP contribution in [-0.2, 0) is 7.05 Å². The smallest absolute Gasteiger partial charge is 0.129 e. The number of aromatic nitrogens is 2. The average Bonchev–Trinajstić information content (AvgIpc) is 2.75. The Morgan fingerprint density at radius 3 is 2.14 bits per heavy atom. The maximum absolute atomic E-state index is 6.19. The number of hydrogen-bond acceptors (Lipinski definition) is 2. The molecule has 0 amide bonds. The fourth-order valence-electron chi connectivity index (χ4n) is 2.30. The zero-order valence-corrected chi connectivity index (χ0v) is 12.9. The predicted molar refractivity (Wildman–Crippen MR) is 88.5 cm³/mol. The summed E-state index contributed by atoms with van der Waals surface area (Å²) in [5, 5.41) is 5.84. The lowest BCUT2D eigenvalue weighted by Crippen LogP contribution is -1.97. The number of nitrogens with two attached hydrogens (primary N) is 1. The average molecular weight is 318 g/mol. The molecular formula is C16H13Cl2N3. The van der Waals surface area contributed by atoms with Gasteiger partial charge in [-0.15, -0.1) is 0 Å². The molecule has 0 aliphatic heterocycles. The Morgan fingerprint density at radius 1 is 0.952 bits per heavy atom. The van der Waals surface area contributed by atoms with Crippen molar-refractivity contribution in [3.63, 3.8) is 0 Å². The summed E-state index contributed by atoms with van der Waals surface area (Å²) in [6, 6.07) is 15.1. The first-order valence-electron chi connectivity index (χ1n) is 6.40. The molecule has 0 fully saturated rings. The van der Waals surface area contributed by atoms with Crippen LogP contribution in [0.3, 0.4) is 0 Å². The molecule has 0 bridgehead atoms. The van der Waals surface area contributed by atoms with Crippen LogP contribution in [0.2, 0.25) is 10.0 Å². The highest BCUT2D eigenvalue weighted by Crippen LogP contribution is 2.37. The van der Waals surface area contributed by atoms with Gasteiger partial charge in [0, 0.05) is 22.7 Å². The van der Waals surface area contributed by atoms with E-state index in [0.29, 0.717) is 15.9 Å². The first kappa shape index (κ1) is 14.0. The van der Waals surface area contributed by atoms with Gasteiger partial charge in [0.05, 0.1) is 5.56 Å². The Labute approximate surface area is 132 Å². The lowest BCUT2D eigenvalue weighted by molar-refractivity contribution is 0.782. The van der Waals surface area contributed by atoms with Gasteiger partial charge in [0.15, 0.2) is 0 Å². The second kappa shape index (κ2) is 5.43.